The van der Waals surface area contributed by atoms with Crippen LogP contribution in [0.4, 0.5) is 0 Å². The van der Waals surface area contributed by atoms with E-state index in [1.54, 1.807) is 13.1 Å². The number of aromatic nitrogens is 1. The van der Waals surface area contributed by atoms with Crippen molar-refractivity contribution in [3.8, 4) is 0 Å². The molecular weight excluding hydrogens is 222 g/mol. The molecule has 0 fully saturated rings. The Labute approximate surface area is 109 Å². The first-order valence-corrected chi connectivity index (χ1v) is 6.05. The lowest BCUT2D eigenvalue weighted by molar-refractivity contribution is 1.14. The van der Waals surface area contributed by atoms with Crippen molar-refractivity contribution < 1.29 is 0 Å². The Hall–Kier alpha value is -1.90. The molecule has 0 spiro atoms. The molecule has 1 aromatic rings. The van der Waals surface area contributed by atoms with Gasteiger partial charge in [0.2, 0.25) is 0 Å². The molecule has 0 atom stereocenters. The molecule has 0 aromatic carbocycles. The van der Waals surface area contributed by atoms with Gasteiger partial charge in [-0.25, -0.2) is 0 Å². The Morgan fingerprint density at radius 1 is 1.44 bits per heavy atom. The van der Waals surface area contributed by atoms with Gasteiger partial charge in [-0.05, 0) is 50.5 Å². The lowest BCUT2D eigenvalue weighted by Crippen LogP contribution is -2.07. The Kier molecular flexibility index (Phi) is 4.84. The average Bonchev–Trinajstić information content (AvgIpc) is 2.31. The maximum atomic E-state index is 7.79. The summed E-state index contributed by atoms with van der Waals surface area (Å²) >= 11 is 0. The van der Waals surface area contributed by atoms with Gasteiger partial charge in [0.1, 0.15) is 0 Å². The van der Waals surface area contributed by atoms with Crippen LogP contribution in [-0.4, -0.2) is 10.7 Å². The molecule has 3 N–H and O–H groups in total. The highest BCUT2D eigenvalue weighted by molar-refractivity contribution is 5.98. The number of rotatable bonds is 4. The van der Waals surface area contributed by atoms with Crippen molar-refractivity contribution >= 4 is 11.3 Å². The summed E-state index contributed by atoms with van der Waals surface area (Å²) in [6.07, 6.45) is 4.54. The molecular formula is C15H21N3. The summed E-state index contributed by atoms with van der Waals surface area (Å²) in [6.45, 7) is 7.62. The largest absolute Gasteiger partial charge is 0.402 e. The van der Waals surface area contributed by atoms with Crippen LogP contribution in [0.3, 0.4) is 0 Å². The molecule has 0 saturated heterocycles. The summed E-state index contributed by atoms with van der Waals surface area (Å²) in [5.74, 6) is 0. The highest BCUT2D eigenvalue weighted by Gasteiger charge is 2.10. The Balaban J connectivity index is 3.12. The van der Waals surface area contributed by atoms with Crippen LogP contribution < -0.4 is 5.73 Å². The number of nitrogens with zero attached hydrogens (tertiary/aromatic N) is 1. The van der Waals surface area contributed by atoms with Crippen molar-refractivity contribution in [2.75, 3.05) is 0 Å². The summed E-state index contributed by atoms with van der Waals surface area (Å²) in [7, 11) is 0. The normalized spacial score (nSPS) is 13.2. The molecule has 0 amide bonds. The monoisotopic (exact) mass is 243 g/mol. The van der Waals surface area contributed by atoms with Gasteiger partial charge in [-0.15, -0.1) is 0 Å². The van der Waals surface area contributed by atoms with Crippen LogP contribution in [0.25, 0.3) is 5.57 Å². The number of nitrogens with one attached hydrogen (secondary N) is 1. The zero-order valence-corrected chi connectivity index (χ0v) is 11.5. The van der Waals surface area contributed by atoms with Gasteiger partial charge in [0.15, 0.2) is 0 Å². The number of hydrogen-bond acceptors (Lipinski definition) is 3. The second kappa shape index (κ2) is 6.15. The van der Waals surface area contributed by atoms with E-state index in [1.165, 1.54) is 0 Å². The third-order valence-electron chi connectivity index (χ3n) is 3.00. The van der Waals surface area contributed by atoms with Crippen molar-refractivity contribution in [1.29, 1.82) is 5.41 Å². The molecule has 1 rings (SSSR count). The fourth-order valence-electron chi connectivity index (χ4n) is 1.93. The van der Waals surface area contributed by atoms with Crippen molar-refractivity contribution in [3.05, 3.63) is 46.9 Å². The fraction of sp³-hybridized carbons (Fsp3) is 0.333. The third-order valence-corrected chi connectivity index (χ3v) is 3.00. The molecule has 0 aliphatic rings. The summed E-state index contributed by atoms with van der Waals surface area (Å²) in [4.78, 5) is 4.30. The Morgan fingerprint density at radius 3 is 2.56 bits per heavy atom. The minimum Gasteiger partial charge on any atom is -0.402 e. The Morgan fingerprint density at radius 2 is 2.11 bits per heavy atom. The third kappa shape index (κ3) is 3.29. The second-order valence-corrected chi connectivity index (χ2v) is 4.41. The number of hydrogen-bond donors (Lipinski definition) is 2. The van der Waals surface area contributed by atoms with E-state index in [0.717, 1.165) is 22.4 Å². The quantitative estimate of drug-likeness (QED) is 0.795. The van der Waals surface area contributed by atoms with Crippen molar-refractivity contribution in [3.63, 3.8) is 0 Å². The van der Waals surface area contributed by atoms with Crippen LogP contribution >= 0.6 is 0 Å². The predicted molar refractivity (Wildman–Crippen MR) is 77.5 cm³/mol. The Bertz CT molecular complexity index is 506. The molecule has 96 valence electrons. The minimum atomic E-state index is 0.524. The summed E-state index contributed by atoms with van der Waals surface area (Å²) in [5.41, 5.74) is 11.3. The van der Waals surface area contributed by atoms with Crippen LogP contribution in [0.15, 0.2) is 35.7 Å². The zero-order chi connectivity index (χ0) is 13.7. The van der Waals surface area contributed by atoms with Gasteiger partial charge in [-0.2, -0.15) is 0 Å². The summed E-state index contributed by atoms with van der Waals surface area (Å²) < 4.78 is 0. The van der Waals surface area contributed by atoms with E-state index < -0.39 is 0 Å². The molecule has 0 aliphatic heterocycles. The highest BCUT2D eigenvalue weighted by atomic mass is 14.7. The van der Waals surface area contributed by atoms with E-state index in [4.69, 9.17) is 11.1 Å². The smallest absolute Gasteiger partial charge is 0.0447 e. The van der Waals surface area contributed by atoms with Crippen LogP contribution in [0.1, 0.15) is 38.4 Å². The molecule has 0 unspecified atom stereocenters. The van der Waals surface area contributed by atoms with Gasteiger partial charge in [0.25, 0.3) is 0 Å². The van der Waals surface area contributed by atoms with E-state index in [2.05, 4.69) is 17.1 Å². The number of aryl methyl sites for hydroxylation is 1. The highest BCUT2D eigenvalue weighted by Crippen LogP contribution is 2.25. The molecule has 1 aromatic heterocycles. The van der Waals surface area contributed by atoms with Gasteiger partial charge in [0.05, 0.1) is 0 Å². The molecule has 0 bridgehead atoms. The van der Waals surface area contributed by atoms with E-state index in [1.807, 2.05) is 26.8 Å². The lowest BCUT2D eigenvalue weighted by Gasteiger charge is -2.13. The first kappa shape index (κ1) is 14.2. The maximum absolute atomic E-state index is 7.79. The lowest BCUT2D eigenvalue weighted by atomic mass is 9.94. The molecule has 1 heterocycles. The van der Waals surface area contributed by atoms with E-state index in [0.29, 0.717) is 17.8 Å². The van der Waals surface area contributed by atoms with Gasteiger partial charge in [0, 0.05) is 29.7 Å². The standard InChI is InChI=1S/C15H21N3/c1-5-13(9-15(10(2)16)11(3)17)14-7-6-8-18-12(14)4/h5-8,16H,9,17H2,1-4H3/b13-5-,15-11-,16-10?. The predicted octanol–water partition coefficient (Wildman–Crippen LogP) is 3.46. The second-order valence-electron chi connectivity index (χ2n) is 4.41. The molecule has 0 aliphatic carbocycles. The average molecular weight is 243 g/mol. The van der Waals surface area contributed by atoms with Gasteiger partial charge in [-0.3, -0.25) is 4.98 Å². The van der Waals surface area contributed by atoms with Crippen LogP contribution in [-0.2, 0) is 0 Å². The van der Waals surface area contributed by atoms with Crippen LogP contribution in [0.2, 0.25) is 0 Å². The number of allylic oxidation sites excluding steroid dienone is 4. The van der Waals surface area contributed by atoms with Crippen molar-refractivity contribution in [1.82, 2.24) is 4.98 Å². The topological polar surface area (TPSA) is 62.8 Å². The molecule has 18 heavy (non-hydrogen) atoms. The van der Waals surface area contributed by atoms with E-state index in [9.17, 15) is 0 Å². The SMILES string of the molecule is C/C=C(/C/C(C(C)=N)=C(\C)N)c1cccnc1C. The van der Waals surface area contributed by atoms with Gasteiger partial charge >= 0.3 is 0 Å². The molecule has 0 saturated carbocycles. The van der Waals surface area contributed by atoms with Crippen LogP contribution in [0.5, 0.6) is 0 Å². The van der Waals surface area contributed by atoms with Gasteiger partial charge < -0.3 is 11.1 Å². The van der Waals surface area contributed by atoms with Gasteiger partial charge in [-0.1, -0.05) is 12.1 Å². The first-order chi connectivity index (χ1) is 8.47. The van der Waals surface area contributed by atoms with Crippen molar-refractivity contribution in [2.45, 2.75) is 34.1 Å². The fourth-order valence-corrected chi connectivity index (χ4v) is 1.93. The minimum absolute atomic E-state index is 0.524. The molecule has 3 nitrogen and oxygen atoms in total. The summed E-state index contributed by atoms with van der Waals surface area (Å²) in [6, 6.07) is 3.99. The summed E-state index contributed by atoms with van der Waals surface area (Å²) in [5, 5.41) is 7.79. The molecule has 3 heteroatoms. The first-order valence-electron chi connectivity index (χ1n) is 6.05. The number of pyridine rings is 1. The zero-order valence-electron chi connectivity index (χ0n) is 11.5. The number of nitrogens with two attached hydrogens (primary N) is 1. The van der Waals surface area contributed by atoms with E-state index in [-0.39, 0.29) is 0 Å². The van der Waals surface area contributed by atoms with Crippen LogP contribution in [0, 0.1) is 12.3 Å². The van der Waals surface area contributed by atoms with E-state index >= 15 is 0 Å². The maximum Gasteiger partial charge on any atom is 0.0447 e. The molecule has 0 radical (unpaired) electrons. The van der Waals surface area contributed by atoms with Crippen molar-refractivity contribution in [2.24, 2.45) is 5.73 Å².